The molecule has 46 heavy (non-hydrogen) atoms. The van der Waals surface area contributed by atoms with Crippen molar-refractivity contribution in [3.05, 3.63) is 162 Å². The van der Waals surface area contributed by atoms with Crippen LogP contribution in [0.3, 0.4) is 0 Å². The van der Waals surface area contributed by atoms with Crippen LogP contribution >= 0.6 is 7.82 Å². The summed E-state index contributed by atoms with van der Waals surface area (Å²) in [5.74, 6) is -0.353. The minimum Gasteiger partial charge on any atom is -0.282 e. The van der Waals surface area contributed by atoms with Crippen LogP contribution in [-0.2, 0) is 50.5 Å². The van der Waals surface area contributed by atoms with Crippen LogP contribution in [0.1, 0.15) is 35.1 Å². The Morgan fingerprint density at radius 3 is 1.87 bits per heavy atom. The van der Waals surface area contributed by atoms with Gasteiger partial charge in [-0.1, -0.05) is 122 Å². The number of rotatable bonds is 14. The third kappa shape index (κ3) is 7.25. The number of aromatic nitrogens is 5. The molecule has 0 spiro atoms. The second-order valence-electron chi connectivity index (χ2n) is 11.1. The Kier molecular flexibility index (Phi) is 9.66. The van der Waals surface area contributed by atoms with E-state index < -0.39 is 13.4 Å². The van der Waals surface area contributed by atoms with Gasteiger partial charge in [-0.2, -0.15) is 10.2 Å². The van der Waals surface area contributed by atoms with Crippen molar-refractivity contribution in [1.29, 1.82) is 0 Å². The van der Waals surface area contributed by atoms with Crippen molar-refractivity contribution in [3.63, 3.8) is 0 Å². The first kappa shape index (κ1) is 31.3. The van der Waals surface area contributed by atoms with E-state index in [0.29, 0.717) is 0 Å². The van der Waals surface area contributed by atoms with Gasteiger partial charge in [-0.3, -0.25) is 18.3 Å². The van der Waals surface area contributed by atoms with Crippen molar-refractivity contribution < 1.29 is 18.1 Å². The zero-order valence-electron chi connectivity index (χ0n) is 25.8. The predicted molar refractivity (Wildman–Crippen MR) is 176 cm³/mol. The van der Waals surface area contributed by atoms with Crippen molar-refractivity contribution in [2.45, 2.75) is 38.2 Å². The number of nitrogens with zero attached hydrogens (tertiary/aromatic N) is 5. The van der Waals surface area contributed by atoms with Gasteiger partial charge in [-0.05, 0) is 33.9 Å². The molecule has 2 atom stereocenters. The third-order valence-electron chi connectivity index (χ3n) is 8.09. The third-order valence-corrected chi connectivity index (χ3v) is 9.53. The number of phosphoric acid groups is 1. The molecule has 0 N–H and O–H groups in total. The van der Waals surface area contributed by atoms with E-state index in [1.807, 2.05) is 109 Å². The minimum atomic E-state index is -4.26. The van der Waals surface area contributed by atoms with Gasteiger partial charge in [0.05, 0.1) is 25.5 Å². The summed E-state index contributed by atoms with van der Waals surface area (Å²) in [6.07, 6.45) is 4.88. The van der Waals surface area contributed by atoms with E-state index >= 15 is 0 Å². The number of hydrogen-bond donors (Lipinski definition) is 0. The smallest absolute Gasteiger partial charge is 0.282 e. The van der Waals surface area contributed by atoms with E-state index in [-0.39, 0.29) is 25.7 Å². The normalized spacial score (nSPS) is 13.7. The molecule has 234 valence electrons. The summed E-state index contributed by atoms with van der Waals surface area (Å²) in [6.45, 7) is 2.32. The Morgan fingerprint density at radius 1 is 0.761 bits per heavy atom. The molecule has 2 aromatic heterocycles. The number of benzene rings is 4. The van der Waals surface area contributed by atoms with E-state index in [1.165, 1.54) is 6.33 Å². The largest absolute Gasteiger partial charge is 0.476 e. The predicted octanol–water partition coefficient (Wildman–Crippen LogP) is 7.94. The van der Waals surface area contributed by atoms with Crippen LogP contribution in [0.2, 0.25) is 0 Å². The SMILES string of the molecule is C[C@@H](c1ccc(-c2ccnn2C)cc1)[C@@](Cn1cncn1)(OP(=O)(OCc1ccccc1)OCc1ccccc1)c1ccccc1. The second-order valence-corrected chi connectivity index (χ2v) is 12.7. The second kappa shape index (κ2) is 14.2. The number of hydrogen-bond acceptors (Lipinski definition) is 7. The van der Waals surface area contributed by atoms with E-state index in [2.05, 4.69) is 46.4 Å². The molecule has 2 heterocycles. The summed E-state index contributed by atoms with van der Waals surface area (Å²) in [5.41, 5.74) is 4.21. The molecule has 0 amide bonds. The van der Waals surface area contributed by atoms with Crippen molar-refractivity contribution in [1.82, 2.24) is 24.5 Å². The van der Waals surface area contributed by atoms with E-state index in [9.17, 15) is 4.57 Å². The van der Waals surface area contributed by atoms with Gasteiger partial charge < -0.3 is 0 Å². The topological polar surface area (TPSA) is 93.3 Å². The molecule has 6 rings (SSSR count). The molecule has 0 aliphatic carbocycles. The molecule has 0 aliphatic heterocycles. The van der Waals surface area contributed by atoms with Gasteiger partial charge in [-0.15, -0.1) is 0 Å². The molecular formula is C36H36N5O4P. The van der Waals surface area contributed by atoms with E-state index in [4.69, 9.17) is 13.6 Å². The van der Waals surface area contributed by atoms with Gasteiger partial charge in [0.15, 0.2) is 0 Å². The Hall–Kier alpha value is -4.66. The maximum Gasteiger partial charge on any atom is 0.476 e. The maximum absolute atomic E-state index is 14.9. The highest BCUT2D eigenvalue weighted by Gasteiger charge is 2.48. The minimum absolute atomic E-state index is 0.0366. The lowest BCUT2D eigenvalue weighted by atomic mass is 9.78. The lowest BCUT2D eigenvalue weighted by Crippen LogP contribution is -2.40. The highest BCUT2D eigenvalue weighted by molar-refractivity contribution is 7.48. The molecule has 0 saturated carbocycles. The van der Waals surface area contributed by atoms with Crippen molar-refractivity contribution in [3.8, 4) is 11.3 Å². The molecule has 4 aromatic carbocycles. The van der Waals surface area contributed by atoms with Gasteiger partial charge in [0.25, 0.3) is 0 Å². The molecule has 0 radical (unpaired) electrons. The van der Waals surface area contributed by atoms with Crippen molar-refractivity contribution in [2.24, 2.45) is 7.05 Å². The number of phosphoric ester groups is 1. The Labute approximate surface area is 269 Å². The summed E-state index contributed by atoms with van der Waals surface area (Å²) in [4.78, 5) is 4.19. The standard InChI is InChI=1S/C36H36N5O4P/c1-29(32-18-20-33(21-19-32)35-22-23-38-40(35)2)36(26-41-28-37-27-39-41,34-16-10-5-11-17-34)45-46(42,43-24-30-12-6-3-7-13-30)44-25-31-14-8-4-9-15-31/h3-23,27-29H,24-26H2,1-2H3/t29-,36+/m0/s1. The summed E-state index contributed by atoms with van der Waals surface area (Å²) < 4.78 is 37.7. The first-order valence-electron chi connectivity index (χ1n) is 15.1. The monoisotopic (exact) mass is 633 g/mol. The molecule has 10 heteroatoms. The van der Waals surface area contributed by atoms with Gasteiger partial charge in [0.1, 0.15) is 18.3 Å². The highest BCUT2D eigenvalue weighted by Crippen LogP contribution is 2.59. The van der Waals surface area contributed by atoms with Gasteiger partial charge in [0.2, 0.25) is 0 Å². The van der Waals surface area contributed by atoms with Crippen LogP contribution in [0.4, 0.5) is 0 Å². The van der Waals surface area contributed by atoms with E-state index in [0.717, 1.165) is 33.5 Å². The summed E-state index contributed by atoms with van der Waals surface area (Å²) in [5, 5.41) is 8.73. The molecule has 9 nitrogen and oxygen atoms in total. The van der Waals surface area contributed by atoms with Crippen LogP contribution in [0.5, 0.6) is 0 Å². The number of aryl methyl sites for hydroxylation is 1. The molecule has 0 unspecified atom stereocenters. The van der Waals surface area contributed by atoms with Crippen LogP contribution in [0.15, 0.2) is 140 Å². The Bertz CT molecular complexity index is 1800. The summed E-state index contributed by atoms with van der Waals surface area (Å²) in [7, 11) is -2.34. The first-order valence-corrected chi connectivity index (χ1v) is 16.5. The van der Waals surface area contributed by atoms with Crippen LogP contribution in [0, 0.1) is 0 Å². The fourth-order valence-corrected chi connectivity index (χ4v) is 7.04. The van der Waals surface area contributed by atoms with Crippen molar-refractivity contribution >= 4 is 7.82 Å². The molecule has 0 aliphatic rings. The van der Waals surface area contributed by atoms with Gasteiger partial charge in [0, 0.05) is 19.2 Å². The molecule has 6 aromatic rings. The lowest BCUT2D eigenvalue weighted by molar-refractivity contribution is -0.0291. The molecule has 0 saturated heterocycles. The van der Waals surface area contributed by atoms with Crippen LogP contribution < -0.4 is 0 Å². The van der Waals surface area contributed by atoms with Crippen LogP contribution in [0.25, 0.3) is 11.3 Å². The summed E-state index contributed by atoms with van der Waals surface area (Å²) in [6, 6.07) is 39.1. The summed E-state index contributed by atoms with van der Waals surface area (Å²) >= 11 is 0. The zero-order valence-corrected chi connectivity index (χ0v) is 26.7. The Morgan fingerprint density at radius 2 is 1.35 bits per heavy atom. The maximum atomic E-state index is 14.9. The zero-order chi connectivity index (χ0) is 31.8. The Balaban J connectivity index is 1.43. The lowest BCUT2D eigenvalue weighted by Gasteiger charge is -2.41. The van der Waals surface area contributed by atoms with E-state index in [1.54, 1.807) is 17.2 Å². The highest BCUT2D eigenvalue weighted by atomic mass is 31.2. The molecular weight excluding hydrogens is 597 g/mol. The quantitative estimate of drug-likeness (QED) is 0.112. The van der Waals surface area contributed by atoms with Crippen molar-refractivity contribution in [2.75, 3.05) is 0 Å². The average molecular weight is 634 g/mol. The fraction of sp³-hybridized carbons (Fsp3) is 0.194. The van der Waals surface area contributed by atoms with Gasteiger partial charge >= 0.3 is 7.82 Å². The first-order chi connectivity index (χ1) is 22.4. The molecule has 0 fully saturated rings. The van der Waals surface area contributed by atoms with Gasteiger partial charge in [-0.25, -0.2) is 14.2 Å². The molecule has 0 bridgehead atoms. The average Bonchev–Trinajstić information content (AvgIpc) is 3.79. The van der Waals surface area contributed by atoms with Crippen LogP contribution in [-0.4, -0.2) is 24.5 Å². The fourth-order valence-electron chi connectivity index (χ4n) is 5.53.